The minimum absolute atomic E-state index is 0.0771. The molecule has 1 rings (SSSR count). The molecule has 0 amide bonds. The van der Waals surface area contributed by atoms with Gasteiger partial charge in [-0.2, -0.15) is 13.2 Å². The Balaban J connectivity index is 2.69. The molecule has 0 spiro atoms. The molecule has 1 aromatic heterocycles. The first-order valence-corrected chi connectivity index (χ1v) is 3.65. The van der Waals surface area contributed by atoms with E-state index in [1.165, 1.54) is 7.11 Å². The van der Waals surface area contributed by atoms with Crippen LogP contribution < -0.4 is 0 Å². The molecule has 1 atom stereocenters. The second-order valence-corrected chi connectivity index (χ2v) is 2.60. The lowest BCUT2D eigenvalue weighted by molar-refractivity contribution is -0.130. The highest BCUT2D eigenvalue weighted by Crippen LogP contribution is 2.23. The number of hydrogen-bond acceptors (Lipinski definition) is 4. The minimum Gasteiger partial charge on any atom is -0.363 e. The lowest BCUT2D eigenvalue weighted by atomic mass is 10.3. The molecule has 1 N–H and O–H groups in total. The number of methoxy groups -OCH3 is 1. The van der Waals surface area contributed by atoms with Gasteiger partial charge in [-0.25, -0.2) is 0 Å². The number of rotatable bonds is 3. The summed E-state index contributed by atoms with van der Waals surface area (Å²) in [5.74, 6) is -0.358. The Morgan fingerprint density at radius 2 is 2.29 bits per heavy atom. The van der Waals surface area contributed by atoms with Crippen LogP contribution >= 0.6 is 0 Å². The maximum atomic E-state index is 11.9. The highest BCUT2D eigenvalue weighted by atomic mass is 19.4. The van der Waals surface area contributed by atoms with Crippen molar-refractivity contribution < 1.29 is 27.5 Å². The van der Waals surface area contributed by atoms with Gasteiger partial charge in [0.1, 0.15) is 17.9 Å². The molecule has 0 aliphatic heterocycles. The van der Waals surface area contributed by atoms with E-state index in [9.17, 15) is 13.2 Å². The van der Waals surface area contributed by atoms with Gasteiger partial charge in [-0.15, -0.1) is 0 Å². The summed E-state index contributed by atoms with van der Waals surface area (Å²) in [6.45, 7) is 0. The number of hydrogen-bond donors (Lipinski definition) is 1. The first-order chi connectivity index (χ1) is 6.42. The van der Waals surface area contributed by atoms with Crippen molar-refractivity contribution in [2.45, 2.75) is 18.9 Å². The third kappa shape index (κ3) is 3.00. The van der Waals surface area contributed by atoms with Gasteiger partial charge in [0.25, 0.3) is 0 Å². The van der Waals surface area contributed by atoms with Gasteiger partial charge in [0, 0.05) is 13.2 Å². The van der Waals surface area contributed by atoms with Gasteiger partial charge >= 0.3 is 6.18 Å². The molecule has 1 aromatic rings. The molecule has 14 heavy (non-hydrogen) atoms. The second-order valence-electron chi connectivity index (χ2n) is 2.60. The van der Waals surface area contributed by atoms with Crippen molar-refractivity contribution in [3.63, 3.8) is 0 Å². The van der Waals surface area contributed by atoms with Crippen LogP contribution in [0.15, 0.2) is 10.6 Å². The summed E-state index contributed by atoms with van der Waals surface area (Å²) < 4.78 is 44.3. The molecule has 0 aliphatic rings. The van der Waals surface area contributed by atoms with Crippen molar-refractivity contribution in [1.29, 1.82) is 0 Å². The minimum atomic E-state index is -4.35. The predicted octanol–water partition coefficient (Wildman–Crippen LogP) is 1.42. The van der Waals surface area contributed by atoms with E-state index in [2.05, 4.69) is 14.4 Å². The van der Waals surface area contributed by atoms with Gasteiger partial charge in [0.05, 0.1) is 0 Å². The second kappa shape index (κ2) is 3.97. The molecule has 0 saturated carbocycles. The zero-order valence-corrected chi connectivity index (χ0v) is 7.21. The Morgan fingerprint density at radius 1 is 1.64 bits per heavy atom. The fraction of sp³-hybridized carbons (Fsp3) is 0.571. The molecular weight excluding hydrogens is 203 g/mol. The molecule has 7 heteroatoms. The molecule has 80 valence electrons. The predicted molar refractivity (Wildman–Crippen MR) is 38.2 cm³/mol. The fourth-order valence-corrected chi connectivity index (χ4v) is 0.847. The smallest absolute Gasteiger partial charge is 0.363 e. The largest absolute Gasteiger partial charge is 0.396 e. The van der Waals surface area contributed by atoms with Gasteiger partial charge in [-0.3, -0.25) is 0 Å². The third-order valence-electron chi connectivity index (χ3n) is 1.43. The Kier molecular flexibility index (Phi) is 3.12. The van der Waals surface area contributed by atoms with Gasteiger partial charge in [-0.05, 0) is 0 Å². The number of aliphatic hydroxyl groups is 1. The molecular formula is C7H8F3NO3. The van der Waals surface area contributed by atoms with Crippen LogP contribution in [0, 0.1) is 0 Å². The molecule has 1 unspecified atom stereocenters. The maximum absolute atomic E-state index is 11.9. The van der Waals surface area contributed by atoms with E-state index in [0.717, 1.165) is 6.07 Å². The Morgan fingerprint density at radius 3 is 2.79 bits per heavy atom. The average molecular weight is 211 g/mol. The van der Waals surface area contributed by atoms with Crippen molar-refractivity contribution in [2.24, 2.45) is 0 Å². The van der Waals surface area contributed by atoms with E-state index in [0.29, 0.717) is 0 Å². The van der Waals surface area contributed by atoms with Crippen molar-refractivity contribution in [2.75, 3.05) is 7.11 Å². The highest BCUT2D eigenvalue weighted by molar-refractivity contribution is 5.07. The van der Waals surface area contributed by atoms with Gasteiger partial charge in [0.2, 0.25) is 6.29 Å². The summed E-state index contributed by atoms with van der Waals surface area (Å²) >= 11 is 0. The van der Waals surface area contributed by atoms with Crippen molar-refractivity contribution in [1.82, 2.24) is 5.16 Å². The molecule has 0 aliphatic carbocycles. The molecule has 0 aromatic carbocycles. The lowest BCUT2D eigenvalue weighted by Gasteiger charge is -2.02. The van der Waals surface area contributed by atoms with Crippen LogP contribution in [0.5, 0.6) is 0 Å². The van der Waals surface area contributed by atoms with Crippen LogP contribution in [-0.4, -0.2) is 23.5 Å². The SMILES string of the molecule is COC(O)c1cc(CC(F)(F)F)on1. The van der Waals surface area contributed by atoms with Crippen LogP contribution in [0.25, 0.3) is 0 Å². The molecule has 0 bridgehead atoms. The number of aromatic nitrogens is 1. The number of nitrogens with zero attached hydrogens (tertiary/aromatic N) is 1. The number of alkyl halides is 3. The quantitative estimate of drug-likeness (QED) is 0.768. The van der Waals surface area contributed by atoms with Crippen LogP contribution in [0.3, 0.4) is 0 Å². The highest BCUT2D eigenvalue weighted by Gasteiger charge is 2.30. The van der Waals surface area contributed by atoms with Gasteiger partial charge < -0.3 is 14.4 Å². The van der Waals surface area contributed by atoms with Gasteiger partial charge in [0.15, 0.2) is 0 Å². The summed E-state index contributed by atoms with van der Waals surface area (Å²) in [6, 6.07) is 1.00. The van der Waals surface area contributed by atoms with Crippen molar-refractivity contribution in [3.8, 4) is 0 Å². The molecule has 1 heterocycles. The number of ether oxygens (including phenoxy) is 1. The molecule has 0 fully saturated rings. The first-order valence-electron chi connectivity index (χ1n) is 3.65. The van der Waals surface area contributed by atoms with Crippen molar-refractivity contribution in [3.05, 3.63) is 17.5 Å². The third-order valence-corrected chi connectivity index (χ3v) is 1.43. The standard InChI is InChI=1S/C7H8F3NO3/c1-13-6(12)5-2-4(14-11-5)3-7(8,9)10/h2,6,12H,3H2,1H3. The first kappa shape index (κ1) is 11.0. The zero-order chi connectivity index (χ0) is 10.8. The Hall–Kier alpha value is -1.08. The summed E-state index contributed by atoms with van der Waals surface area (Å²) in [6.07, 6.45) is -6.92. The van der Waals surface area contributed by atoms with Crippen molar-refractivity contribution >= 4 is 0 Å². The maximum Gasteiger partial charge on any atom is 0.396 e. The summed E-state index contributed by atoms with van der Waals surface area (Å²) in [7, 11) is 1.20. The Labute approximate surface area is 77.3 Å². The fourth-order valence-electron chi connectivity index (χ4n) is 0.847. The van der Waals surface area contributed by atoms with E-state index in [1.807, 2.05) is 0 Å². The number of aliphatic hydroxyl groups excluding tert-OH is 1. The zero-order valence-electron chi connectivity index (χ0n) is 7.21. The van der Waals surface area contributed by atoms with E-state index in [-0.39, 0.29) is 11.5 Å². The van der Waals surface area contributed by atoms with E-state index in [1.54, 1.807) is 0 Å². The molecule has 0 saturated heterocycles. The average Bonchev–Trinajstić information content (AvgIpc) is 2.48. The molecule has 0 radical (unpaired) electrons. The monoisotopic (exact) mass is 211 g/mol. The van der Waals surface area contributed by atoms with Crippen LogP contribution in [0.4, 0.5) is 13.2 Å². The lowest BCUT2D eigenvalue weighted by Crippen LogP contribution is -2.10. The van der Waals surface area contributed by atoms with Gasteiger partial charge in [-0.1, -0.05) is 5.16 Å². The van der Waals surface area contributed by atoms with Crippen LogP contribution in [0.1, 0.15) is 17.7 Å². The normalized spacial score (nSPS) is 14.4. The topological polar surface area (TPSA) is 55.5 Å². The Bertz CT molecular complexity index is 297. The number of halogens is 3. The van der Waals surface area contributed by atoms with E-state index >= 15 is 0 Å². The summed E-state index contributed by atoms with van der Waals surface area (Å²) in [4.78, 5) is 0. The summed E-state index contributed by atoms with van der Waals surface area (Å²) in [5.41, 5.74) is -0.0771. The van der Waals surface area contributed by atoms with Crippen LogP contribution in [0.2, 0.25) is 0 Å². The van der Waals surface area contributed by atoms with E-state index < -0.39 is 18.9 Å². The van der Waals surface area contributed by atoms with E-state index in [4.69, 9.17) is 5.11 Å². The summed E-state index contributed by atoms with van der Waals surface area (Å²) in [5, 5.41) is 12.2. The molecule has 4 nitrogen and oxygen atoms in total. The van der Waals surface area contributed by atoms with Crippen LogP contribution in [-0.2, 0) is 11.2 Å².